The van der Waals surface area contributed by atoms with Crippen LogP contribution in [-0.4, -0.2) is 46.5 Å². The number of H-pyrrole nitrogens is 1. The Hall–Kier alpha value is -1.89. The van der Waals surface area contributed by atoms with Crippen molar-refractivity contribution in [1.29, 1.82) is 0 Å². The van der Waals surface area contributed by atoms with E-state index in [1.54, 1.807) is 6.20 Å². The zero-order chi connectivity index (χ0) is 13.5. The molecule has 104 valence electrons. The molecule has 2 heterocycles. The molecule has 3 N–H and O–H groups in total. The van der Waals surface area contributed by atoms with Crippen molar-refractivity contribution in [2.75, 3.05) is 36.9 Å². The van der Waals surface area contributed by atoms with E-state index in [0.717, 1.165) is 36.4 Å². The maximum Gasteiger partial charge on any atom is 0.226 e. The summed E-state index contributed by atoms with van der Waals surface area (Å²) in [4.78, 5) is 8.83. The number of fused-ring (bicyclic) bond motifs is 1. The van der Waals surface area contributed by atoms with Crippen LogP contribution in [0.25, 0.3) is 11.0 Å². The fourth-order valence-corrected chi connectivity index (χ4v) is 1.67. The van der Waals surface area contributed by atoms with Gasteiger partial charge < -0.3 is 15.4 Å². The van der Waals surface area contributed by atoms with E-state index in [2.05, 4.69) is 37.7 Å². The highest BCUT2D eigenvalue weighted by Crippen LogP contribution is 2.19. The highest BCUT2D eigenvalue weighted by Gasteiger charge is 2.08. The molecule has 0 aliphatic rings. The molecule has 0 saturated heterocycles. The first-order valence-electron chi connectivity index (χ1n) is 6.61. The van der Waals surface area contributed by atoms with E-state index >= 15 is 0 Å². The van der Waals surface area contributed by atoms with Crippen LogP contribution in [0.1, 0.15) is 20.3 Å². The van der Waals surface area contributed by atoms with Crippen molar-refractivity contribution in [3.63, 3.8) is 0 Å². The molecule has 0 aliphatic carbocycles. The normalized spacial score (nSPS) is 10.8. The third-order valence-corrected chi connectivity index (χ3v) is 2.59. The highest BCUT2D eigenvalue weighted by molar-refractivity contribution is 5.86. The van der Waals surface area contributed by atoms with Crippen molar-refractivity contribution >= 4 is 22.8 Å². The molecule has 7 nitrogen and oxygen atoms in total. The van der Waals surface area contributed by atoms with Gasteiger partial charge in [-0.2, -0.15) is 15.1 Å². The summed E-state index contributed by atoms with van der Waals surface area (Å²) in [6.07, 6.45) is 2.75. The fraction of sp³-hybridized carbons (Fsp3) is 0.583. The van der Waals surface area contributed by atoms with E-state index in [9.17, 15) is 0 Å². The minimum atomic E-state index is 0.609. The Morgan fingerprint density at radius 1 is 1.21 bits per heavy atom. The first-order valence-corrected chi connectivity index (χ1v) is 6.61. The van der Waals surface area contributed by atoms with E-state index < -0.39 is 0 Å². The highest BCUT2D eigenvalue weighted by atomic mass is 16.5. The summed E-state index contributed by atoms with van der Waals surface area (Å²) in [5.41, 5.74) is 0.729. The number of rotatable bonds is 8. The Balaban J connectivity index is 2.12. The standard InChI is InChI=1S/C12H20N6O/c1-3-5-14-12-16-10(13-6-7-19-4-2)9-8-15-18-11(9)17-12/h8H,3-7H2,1-2H3,(H3,13,14,15,16,17,18). The van der Waals surface area contributed by atoms with Crippen LogP contribution in [0.15, 0.2) is 6.20 Å². The van der Waals surface area contributed by atoms with E-state index in [4.69, 9.17) is 4.74 Å². The van der Waals surface area contributed by atoms with Gasteiger partial charge in [-0.1, -0.05) is 6.92 Å². The molecular formula is C12H20N6O. The monoisotopic (exact) mass is 264 g/mol. The van der Waals surface area contributed by atoms with Crippen molar-refractivity contribution < 1.29 is 4.74 Å². The van der Waals surface area contributed by atoms with Crippen molar-refractivity contribution in [3.05, 3.63) is 6.20 Å². The Labute approximate surface area is 112 Å². The van der Waals surface area contributed by atoms with Gasteiger partial charge in [0.25, 0.3) is 0 Å². The topological polar surface area (TPSA) is 87.8 Å². The molecule has 0 spiro atoms. The zero-order valence-corrected chi connectivity index (χ0v) is 11.4. The van der Waals surface area contributed by atoms with Gasteiger partial charge in [-0.3, -0.25) is 5.10 Å². The minimum absolute atomic E-state index is 0.609. The lowest BCUT2D eigenvalue weighted by Crippen LogP contribution is -2.12. The quantitative estimate of drug-likeness (QED) is 0.628. The lowest BCUT2D eigenvalue weighted by molar-refractivity contribution is 0.158. The van der Waals surface area contributed by atoms with Crippen LogP contribution < -0.4 is 10.6 Å². The number of nitrogens with one attached hydrogen (secondary N) is 3. The maximum absolute atomic E-state index is 5.30. The summed E-state index contributed by atoms with van der Waals surface area (Å²) in [7, 11) is 0. The van der Waals surface area contributed by atoms with Crippen LogP contribution in [0.2, 0.25) is 0 Å². The van der Waals surface area contributed by atoms with Crippen LogP contribution in [0, 0.1) is 0 Å². The zero-order valence-electron chi connectivity index (χ0n) is 11.4. The lowest BCUT2D eigenvalue weighted by Gasteiger charge is -2.09. The summed E-state index contributed by atoms with van der Waals surface area (Å²) in [5.74, 6) is 1.38. The van der Waals surface area contributed by atoms with Crippen molar-refractivity contribution in [1.82, 2.24) is 20.2 Å². The van der Waals surface area contributed by atoms with Gasteiger partial charge in [0.15, 0.2) is 5.65 Å². The summed E-state index contributed by atoms with van der Waals surface area (Å²) in [5, 5.41) is 14.2. The van der Waals surface area contributed by atoms with Gasteiger partial charge in [-0.05, 0) is 13.3 Å². The summed E-state index contributed by atoms with van der Waals surface area (Å²) >= 11 is 0. The molecule has 2 rings (SSSR count). The first-order chi connectivity index (χ1) is 9.35. The van der Waals surface area contributed by atoms with Gasteiger partial charge in [0.2, 0.25) is 5.95 Å². The number of nitrogens with zero attached hydrogens (tertiary/aromatic N) is 3. The molecule has 0 aromatic carbocycles. The average Bonchev–Trinajstić information content (AvgIpc) is 2.89. The van der Waals surface area contributed by atoms with Gasteiger partial charge in [0.05, 0.1) is 18.2 Å². The Morgan fingerprint density at radius 2 is 2.11 bits per heavy atom. The molecule has 7 heteroatoms. The van der Waals surface area contributed by atoms with Crippen LogP contribution in [0.4, 0.5) is 11.8 Å². The van der Waals surface area contributed by atoms with Gasteiger partial charge in [0.1, 0.15) is 5.82 Å². The first kappa shape index (κ1) is 13.5. The number of anilines is 2. The molecule has 2 aromatic heterocycles. The number of ether oxygens (including phenoxy) is 1. The van der Waals surface area contributed by atoms with Gasteiger partial charge in [-0.25, -0.2) is 0 Å². The van der Waals surface area contributed by atoms with Crippen LogP contribution in [0.5, 0.6) is 0 Å². The molecule has 0 amide bonds. The van der Waals surface area contributed by atoms with Gasteiger partial charge in [0, 0.05) is 19.7 Å². The van der Waals surface area contributed by atoms with Crippen LogP contribution in [-0.2, 0) is 4.74 Å². The van der Waals surface area contributed by atoms with Crippen LogP contribution >= 0.6 is 0 Å². The molecule has 0 unspecified atom stereocenters. The van der Waals surface area contributed by atoms with Crippen LogP contribution in [0.3, 0.4) is 0 Å². The average molecular weight is 264 g/mol. The second-order valence-corrected chi connectivity index (χ2v) is 4.08. The lowest BCUT2D eigenvalue weighted by atomic mass is 10.4. The largest absolute Gasteiger partial charge is 0.380 e. The van der Waals surface area contributed by atoms with Crippen molar-refractivity contribution in [3.8, 4) is 0 Å². The molecule has 0 saturated carbocycles. The molecule has 2 aromatic rings. The maximum atomic E-state index is 5.30. The fourth-order valence-electron chi connectivity index (χ4n) is 1.67. The summed E-state index contributed by atoms with van der Waals surface area (Å²) in [6.45, 7) is 7.00. The molecule has 0 fully saturated rings. The molecule has 19 heavy (non-hydrogen) atoms. The smallest absolute Gasteiger partial charge is 0.226 e. The van der Waals surface area contributed by atoms with Gasteiger partial charge >= 0.3 is 0 Å². The second-order valence-electron chi connectivity index (χ2n) is 4.08. The predicted molar refractivity (Wildman–Crippen MR) is 75.4 cm³/mol. The third-order valence-electron chi connectivity index (χ3n) is 2.59. The SMILES string of the molecule is CCCNc1nc(NCCOCC)c2cn[nH]c2n1. The summed E-state index contributed by atoms with van der Waals surface area (Å²) < 4.78 is 5.30. The number of aromatic nitrogens is 4. The van der Waals surface area contributed by atoms with E-state index in [1.165, 1.54) is 0 Å². The van der Waals surface area contributed by atoms with Crippen molar-refractivity contribution in [2.24, 2.45) is 0 Å². The second kappa shape index (κ2) is 6.89. The Morgan fingerprint density at radius 3 is 2.89 bits per heavy atom. The van der Waals surface area contributed by atoms with E-state index in [1.807, 2.05) is 6.92 Å². The predicted octanol–water partition coefficient (Wildman–Crippen LogP) is 1.62. The molecule has 0 radical (unpaired) electrons. The molecule has 0 bridgehead atoms. The number of hydrogen-bond donors (Lipinski definition) is 3. The van der Waals surface area contributed by atoms with Gasteiger partial charge in [-0.15, -0.1) is 0 Å². The van der Waals surface area contributed by atoms with E-state index in [0.29, 0.717) is 19.1 Å². The number of hydrogen-bond acceptors (Lipinski definition) is 6. The number of aromatic amines is 1. The summed E-state index contributed by atoms with van der Waals surface area (Å²) in [6, 6.07) is 0. The molecular weight excluding hydrogens is 244 g/mol. The molecule has 0 aliphatic heterocycles. The minimum Gasteiger partial charge on any atom is -0.380 e. The van der Waals surface area contributed by atoms with Crippen molar-refractivity contribution in [2.45, 2.75) is 20.3 Å². The molecule has 0 atom stereocenters. The third kappa shape index (κ3) is 3.54. The Bertz CT molecular complexity index is 512. The Kier molecular flexibility index (Phi) is 4.91. The van der Waals surface area contributed by atoms with E-state index in [-0.39, 0.29) is 0 Å².